The molecule has 0 aromatic carbocycles. The van der Waals surface area contributed by atoms with Gasteiger partial charge in [-0.3, -0.25) is 14.7 Å². The average Bonchev–Trinajstić information content (AvgIpc) is 3.43. The maximum atomic E-state index is 12.7. The Hall–Kier alpha value is -1.46. The third-order valence-electron chi connectivity index (χ3n) is 6.61. The minimum atomic E-state index is 0.221. The molecule has 2 saturated heterocycles. The monoisotopic (exact) mass is 357 g/mol. The Morgan fingerprint density at radius 1 is 1.23 bits per heavy atom. The van der Waals surface area contributed by atoms with Crippen LogP contribution < -0.4 is 0 Å². The van der Waals surface area contributed by atoms with Gasteiger partial charge in [-0.2, -0.15) is 0 Å². The van der Waals surface area contributed by atoms with Gasteiger partial charge in [-0.05, 0) is 56.6 Å². The van der Waals surface area contributed by atoms with Gasteiger partial charge in [0.05, 0.1) is 13.0 Å². The summed E-state index contributed by atoms with van der Waals surface area (Å²) in [5, 5.41) is 0. The highest BCUT2D eigenvalue weighted by molar-refractivity contribution is 5.78. The predicted molar refractivity (Wildman–Crippen MR) is 101 cm³/mol. The van der Waals surface area contributed by atoms with Gasteiger partial charge in [-0.1, -0.05) is 6.07 Å². The molecule has 0 radical (unpaired) electrons. The number of aromatic nitrogens is 1. The summed E-state index contributed by atoms with van der Waals surface area (Å²) in [5.41, 5.74) is 1.17. The highest BCUT2D eigenvalue weighted by Crippen LogP contribution is 2.44. The summed E-state index contributed by atoms with van der Waals surface area (Å²) >= 11 is 0. The number of ether oxygens (including phenoxy) is 1. The van der Waals surface area contributed by atoms with Crippen molar-refractivity contribution >= 4 is 5.91 Å². The topological polar surface area (TPSA) is 45.7 Å². The standard InChI is InChI=1S/C21H31N3O2/c1-26-16-19-7-8-21(24(19)15-17-5-6-17)9-12-23(13-10-21)20(25)14-18-4-2-3-11-22-18/h2-4,11,17,19H,5-10,12-16H2,1H3/t19-/m0/s1. The minimum Gasteiger partial charge on any atom is -0.383 e. The largest absolute Gasteiger partial charge is 0.383 e. The first-order valence-electron chi connectivity index (χ1n) is 10.1. The molecule has 5 heteroatoms. The molecule has 3 aliphatic rings. The van der Waals surface area contributed by atoms with Crippen LogP contribution in [0.1, 0.15) is 44.2 Å². The third-order valence-corrected chi connectivity index (χ3v) is 6.61. The summed E-state index contributed by atoms with van der Waals surface area (Å²) in [7, 11) is 1.82. The number of carbonyl (C=O) groups is 1. The van der Waals surface area contributed by atoms with Crippen LogP contribution in [0.2, 0.25) is 0 Å². The summed E-state index contributed by atoms with van der Waals surface area (Å²) in [5.74, 6) is 1.12. The second-order valence-electron chi connectivity index (χ2n) is 8.35. The Labute approximate surface area is 156 Å². The van der Waals surface area contributed by atoms with Crippen molar-refractivity contribution in [2.75, 3.05) is 33.4 Å². The number of carbonyl (C=O) groups excluding carboxylic acids is 1. The zero-order valence-corrected chi connectivity index (χ0v) is 15.9. The minimum absolute atomic E-state index is 0.221. The van der Waals surface area contributed by atoms with E-state index in [9.17, 15) is 4.79 Å². The molecule has 4 rings (SSSR count). The molecule has 3 fully saturated rings. The summed E-state index contributed by atoms with van der Waals surface area (Å²) in [6.45, 7) is 3.84. The van der Waals surface area contributed by atoms with Gasteiger partial charge in [0.1, 0.15) is 0 Å². The lowest BCUT2D eigenvalue weighted by Gasteiger charge is -2.47. The number of methoxy groups -OCH3 is 1. The molecule has 3 heterocycles. The number of piperidine rings is 1. The lowest BCUT2D eigenvalue weighted by molar-refractivity contribution is -0.133. The quantitative estimate of drug-likeness (QED) is 0.785. The smallest absolute Gasteiger partial charge is 0.228 e. The Kier molecular flexibility index (Phi) is 5.28. The number of hydrogen-bond donors (Lipinski definition) is 0. The lowest BCUT2D eigenvalue weighted by atomic mass is 9.84. The fourth-order valence-electron chi connectivity index (χ4n) is 4.89. The van der Waals surface area contributed by atoms with E-state index in [-0.39, 0.29) is 5.91 Å². The Morgan fingerprint density at radius 3 is 2.69 bits per heavy atom. The molecule has 142 valence electrons. The molecule has 1 saturated carbocycles. The van der Waals surface area contributed by atoms with Crippen LogP contribution in [0, 0.1) is 5.92 Å². The van der Waals surface area contributed by atoms with E-state index in [4.69, 9.17) is 4.74 Å². The Bertz CT molecular complexity index is 609. The van der Waals surface area contributed by atoms with Gasteiger partial charge in [0.2, 0.25) is 5.91 Å². The number of nitrogens with zero attached hydrogens (tertiary/aromatic N) is 3. The Balaban J connectivity index is 1.37. The SMILES string of the molecule is COC[C@@H]1CCC2(CCN(C(=O)Cc3ccccn3)CC2)N1CC1CC1. The van der Waals surface area contributed by atoms with E-state index in [1.165, 1.54) is 32.2 Å². The number of rotatable bonds is 6. The second kappa shape index (κ2) is 7.65. The van der Waals surface area contributed by atoms with Crippen LogP contribution in [0.25, 0.3) is 0 Å². The second-order valence-corrected chi connectivity index (χ2v) is 8.35. The van der Waals surface area contributed by atoms with E-state index in [0.29, 0.717) is 18.0 Å². The molecule has 1 amide bonds. The highest BCUT2D eigenvalue weighted by atomic mass is 16.5. The number of amides is 1. The molecule has 0 bridgehead atoms. The molecule has 1 spiro atoms. The fraction of sp³-hybridized carbons (Fsp3) is 0.714. The Morgan fingerprint density at radius 2 is 2.04 bits per heavy atom. The van der Waals surface area contributed by atoms with Crippen molar-refractivity contribution in [2.24, 2.45) is 5.92 Å². The van der Waals surface area contributed by atoms with Crippen LogP contribution >= 0.6 is 0 Å². The van der Waals surface area contributed by atoms with E-state index in [1.54, 1.807) is 6.20 Å². The van der Waals surface area contributed by atoms with Crippen LogP contribution in [0.4, 0.5) is 0 Å². The maximum Gasteiger partial charge on any atom is 0.228 e. The van der Waals surface area contributed by atoms with Crippen molar-refractivity contribution < 1.29 is 9.53 Å². The van der Waals surface area contributed by atoms with E-state index >= 15 is 0 Å². The zero-order chi connectivity index (χ0) is 18.0. The normalized spacial score (nSPS) is 25.7. The van der Waals surface area contributed by atoms with Gasteiger partial charge >= 0.3 is 0 Å². The molecule has 26 heavy (non-hydrogen) atoms. The van der Waals surface area contributed by atoms with E-state index < -0.39 is 0 Å². The first-order valence-corrected chi connectivity index (χ1v) is 10.1. The molecule has 5 nitrogen and oxygen atoms in total. The third kappa shape index (κ3) is 3.79. The molecule has 1 aromatic rings. The van der Waals surface area contributed by atoms with Crippen LogP contribution in [0.15, 0.2) is 24.4 Å². The van der Waals surface area contributed by atoms with Crippen molar-refractivity contribution in [3.63, 3.8) is 0 Å². The van der Waals surface area contributed by atoms with E-state index in [2.05, 4.69) is 14.8 Å². The van der Waals surface area contributed by atoms with Gasteiger partial charge in [-0.25, -0.2) is 0 Å². The first kappa shape index (κ1) is 17.9. The van der Waals surface area contributed by atoms with Gasteiger partial charge in [0, 0.05) is 50.2 Å². The van der Waals surface area contributed by atoms with Gasteiger partial charge < -0.3 is 9.64 Å². The molecule has 2 aliphatic heterocycles. The number of likely N-dealkylation sites (tertiary alicyclic amines) is 2. The zero-order valence-electron chi connectivity index (χ0n) is 15.9. The van der Waals surface area contributed by atoms with Crippen molar-refractivity contribution in [1.29, 1.82) is 0 Å². The molecule has 1 atom stereocenters. The van der Waals surface area contributed by atoms with Crippen molar-refractivity contribution in [1.82, 2.24) is 14.8 Å². The van der Waals surface area contributed by atoms with Crippen LogP contribution in [0.5, 0.6) is 0 Å². The lowest BCUT2D eigenvalue weighted by Crippen LogP contribution is -2.56. The molecule has 0 N–H and O–H groups in total. The van der Waals surface area contributed by atoms with E-state index in [0.717, 1.165) is 44.1 Å². The molecule has 1 aromatic heterocycles. The molecule has 0 unspecified atom stereocenters. The molecular formula is C21H31N3O2. The van der Waals surface area contributed by atoms with Gasteiger partial charge in [-0.15, -0.1) is 0 Å². The highest BCUT2D eigenvalue weighted by Gasteiger charge is 2.49. The van der Waals surface area contributed by atoms with Crippen LogP contribution in [-0.4, -0.2) is 65.6 Å². The van der Waals surface area contributed by atoms with Crippen LogP contribution in [0.3, 0.4) is 0 Å². The van der Waals surface area contributed by atoms with Crippen molar-refractivity contribution in [3.8, 4) is 0 Å². The van der Waals surface area contributed by atoms with Gasteiger partial charge in [0.25, 0.3) is 0 Å². The maximum absolute atomic E-state index is 12.7. The van der Waals surface area contributed by atoms with Crippen molar-refractivity contribution in [3.05, 3.63) is 30.1 Å². The number of hydrogen-bond acceptors (Lipinski definition) is 4. The summed E-state index contributed by atoms with van der Waals surface area (Å²) in [6, 6.07) is 6.35. The predicted octanol–water partition coefficient (Wildman–Crippen LogP) is 2.51. The summed E-state index contributed by atoms with van der Waals surface area (Å²) < 4.78 is 5.50. The molecule has 1 aliphatic carbocycles. The first-order chi connectivity index (χ1) is 12.7. The molecular weight excluding hydrogens is 326 g/mol. The van der Waals surface area contributed by atoms with Crippen LogP contribution in [-0.2, 0) is 16.0 Å². The number of pyridine rings is 1. The summed E-state index contributed by atoms with van der Waals surface area (Å²) in [6.07, 6.45) is 9.67. The van der Waals surface area contributed by atoms with Crippen molar-refractivity contribution in [2.45, 2.75) is 56.5 Å². The fourth-order valence-corrected chi connectivity index (χ4v) is 4.89. The average molecular weight is 357 g/mol. The van der Waals surface area contributed by atoms with Gasteiger partial charge in [0.15, 0.2) is 0 Å². The van der Waals surface area contributed by atoms with E-state index in [1.807, 2.05) is 25.3 Å². The summed E-state index contributed by atoms with van der Waals surface area (Å²) in [4.78, 5) is 21.8.